The van der Waals surface area contributed by atoms with Crippen molar-refractivity contribution in [3.63, 3.8) is 0 Å². The molecule has 4 rings (SSSR count). The van der Waals surface area contributed by atoms with Crippen molar-refractivity contribution in [1.82, 2.24) is 0 Å². The third-order valence-electron chi connectivity index (χ3n) is 11.6. The SMILES string of the molecule is C=C(CC[C@@H](COS(=O)(=O)O)[C@H]1CCC2C3CC[C@@H]4[C@H](O)[C@H](OS(=O)(=O)O)CC[C@]4(C)C3C(O)C[C@@]21C)C(C)C. The van der Waals surface area contributed by atoms with Crippen LogP contribution in [0.15, 0.2) is 12.2 Å². The van der Waals surface area contributed by atoms with Crippen LogP contribution in [0, 0.1) is 52.3 Å². The molecule has 0 aromatic heterocycles. The Morgan fingerprint density at radius 2 is 1.60 bits per heavy atom. The summed E-state index contributed by atoms with van der Waals surface area (Å²) in [5, 5.41) is 22.9. The van der Waals surface area contributed by atoms with Gasteiger partial charge >= 0.3 is 20.8 Å². The Labute approximate surface area is 239 Å². The molecule has 4 aliphatic rings. The van der Waals surface area contributed by atoms with E-state index in [9.17, 15) is 36.2 Å². The fourth-order valence-corrected chi connectivity index (χ4v) is 10.6. The van der Waals surface area contributed by atoms with E-state index in [4.69, 9.17) is 8.37 Å². The van der Waals surface area contributed by atoms with Gasteiger partial charge in [-0.3, -0.25) is 9.11 Å². The van der Waals surface area contributed by atoms with Crippen LogP contribution in [0.25, 0.3) is 0 Å². The lowest BCUT2D eigenvalue weighted by Crippen LogP contribution is -2.62. The number of fused-ring (bicyclic) bond motifs is 5. The Kier molecular flexibility index (Phi) is 9.28. The molecule has 0 aromatic rings. The molecule has 4 aliphatic carbocycles. The molecule has 12 heteroatoms. The molecule has 40 heavy (non-hydrogen) atoms. The molecular formula is C28H48O10S2. The number of aliphatic hydroxyl groups is 2. The highest BCUT2D eigenvalue weighted by molar-refractivity contribution is 7.81. The summed E-state index contributed by atoms with van der Waals surface area (Å²) in [5.41, 5.74) is 0.418. The molecule has 4 unspecified atom stereocenters. The van der Waals surface area contributed by atoms with Gasteiger partial charge in [0, 0.05) is 0 Å². The predicted octanol–water partition coefficient (Wildman–Crippen LogP) is 4.20. The highest BCUT2D eigenvalue weighted by atomic mass is 32.3. The van der Waals surface area contributed by atoms with Gasteiger partial charge in [-0.25, -0.2) is 8.37 Å². The third-order valence-corrected chi connectivity index (χ3v) is 12.5. The second-order valence-electron chi connectivity index (χ2n) is 13.9. The van der Waals surface area contributed by atoms with Crippen LogP contribution < -0.4 is 0 Å². The van der Waals surface area contributed by atoms with Gasteiger partial charge in [0.05, 0.1) is 18.8 Å². The molecule has 10 nitrogen and oxygen atoms in total. The van der Waals surface area contributed by atoms with Gasteiger partial charge in [-0.05, 0) is 110 Å². The van der Waals surface area contributed by atoms with Crippen LogP contribution in [-0.4, -0.2) is 61.1 Å². The Bertz CT molecular complexity index is 1150. The van der Waals surface area contributed by atoms with Gasteiger partial charge in [0.15, 0.2) is 0 Å². The third kappa shape index (κ3) is 6.34. The summed E-state index contributed by atoms with van der Waals surface area (Å²) in [7, 11) is -9.27. The second-order valence-corrected chi connectivity index (χ2v) is 16.0. The van der Waals surface area contributed by atoms with Gasteiger partial charge in [0.2, 0.25) is 0 Å². The maximum Gasteiger partial charge on any atom is 0.397 e. The molecule has 4 saturated carbocycles. The highest BCUT2D eigenvalue weighted by Gasteiger charge is 2.65. The molecule has 0 aliphatic heterocycles. The smallest absolute Gasteiger partial charge is 0.393 e. The number of aliphatic hydroxyl groups excluding tert-OH is 2. The standard InChI is InChI=1S/C28H48O10S2/c1-16(2)17(3)6-7-18(15-37-39(31,32)33)20-10-11-21-19-8-9-22-26(30)24(38-40(34,35)36)12-13-27(22,4)25(19)23(29)14-28(20,21)5/h16,18-26,29-30H,3,6-15H2,1-2,4-5H3,(H,31,32,33)(H,34,35,36)/t18-,19?,20+,21?,22+,23?,24+,25?,26-,27-,28+/m0/s1. The fourth-order valence-electron chi connectivity index (χ4n) is 9.74. The zero-order valence-corrected chi connectivity index (χ0v) is 25.7. The van der Waals surface area contributed by atoms with Crippen LogP contribution in [0.1, 0.15) is 85.5 Å². The van der Waals surface area contributed by atoms with Crippen molar-refractivity contribution < 1.29 is 44.5 Å². The lowest BCUT2D eigenvalue weighted by molar-refractivity contribution is -0.205. The maximum atomic E-state index is 11.8. The molecular weight excluding hydrogens is 560 g/mol. The molecule has 0 spiro atoms. The average Bonchev–Trinajstić information content (AvgIpc) is 3.15. The van der Waals surface area contributed by atoms with Crippen LogP contribution in [0.5, 0.6) is 0 Å². The minimum absolute atomic E-state index is 0.0716. The number of hydrogen-bond acceptors (Lipinski definition) is 8. The van der Waals surface area contributed by atoms with E-state index in [1.807, 2.05) is 0 Å². The van der Waals surface area contributed by atoms with Gasteiger partial charge in [-0.2, -0.15) is 16.8 Å². The molecule has 0 bridgehead atoms. The molecule has 0 aromatic carbocycles. The summed E-state index contributed by atoms with van der Waals surface area (Å²) in [6.07, 6.45) is 3.35. The number of rotatable bonds is 10. The molecule has 0 radical (unpaired) electrons. The van der Waals surface area contributed by atoms with Crippen LogP contribution in [-0.2, 0) is 29.2 Å². The highest BCUT2D eigenvalue weighted by Crippen LogP contribution is 2.68. The van der Waals surface area contributed by atoms with Crippen molar-refractivity contribution in [2.45, 2.75) is 104 Å². The predicted molar refractivity (Wildman–Crippen MR) is 149 cm³/mol. The first kappa shape index (κ1) is 32.3. The van der Waals surface area contributed by atoms with E-state index >= 15 is 0 Å². The largest absolute Gasteiger partial charge is 0.397 e. The monoisotopic (exact) mass is 608 g/mol. The van der Waals surface area contributed by atoms with Crippen molar-refractivity contribution in [1.29, 1.82) is 0 Å². The number of hydrogen-bond donors (Lipinski definition) is 4. The summed E-state index contributed by atoms with van der Waals surface area (Å²) in [6, 6.07) is 0. The van der Waals surface area contributed by atoms with Crippen LogP contribution in [0.4, 0.5) is 0 Å². The first-order chi connectivity index (χ1) is 18.4. The Balaban J connectivity index is 1.57. The van der Waals surface area contributed by atoms with E-state index in [0.717, 1.165) is 31.3 Å². The van der Waals surface area contributed by atoms with E-state index in [1.54, 1.807) is 0 Å². The Morgan fingerprint density at radius 1 is 0.950 bits per heavy atom. The lowest BCUT2D eigenvalue weighted by Gasteiger charge is -2.63. The zero-order chi connectivity index (χ0) is 29.8. The quantitative estimate of drug-likeness (QED) is 0.208. The summed E-state index contributed by atoms with van der Waals surface area (Å²) >= 11 is 0. The Morgan fingerprint density at radius 3 is 2.20 bits per heavy atom. The maximum absolute atomic E-state index is 11.8. The van der Waals surface area contributed by atoms with Crippen molar-refractivity contribution in [3.05, 3.63) is 12.2 Å². The minimum atomic E-state index is -4.69. The molecule has 4 N–H and O–H groups in total. The molecule has 11 atom stereocenters. The van der Waals surface area contributed by atoms with Crippen molar-refractivity contribution in [3.8, 4) is 0 Å². The van der Waals surface area contributed by atoms with E-state index in [2.05, 4.69) is 34.3 Å². The van der Waals surface area contributed by atoms with Gasteiger partial charge in [0.1, 0.15) is 6.10 Å². The van der Waals surface area contributed by atoms with Crippen LogP contribution in [0.3, 0.4) is 0 Å². The first-order valence-corrected chi connectivity index (χ1v) is 17.4. The van der Waals surface area contributed by atoms with E-state index in [1.165, 1.54) is 0 Å². The second kappa shape index (κ2) is 11.5. The van der Waals surface area contributed by atoms with Gasteiger partial charge in [-0.1, -0.05) is 39.8 Å². The summed E-state index contributed by atoms with van der Waals surface area (Å²) < 4.78 is 74.0. The normalized spacial score (nSPS) is 42.6. The molecule has 232 valence electrons. The zero-order valence-electron chi connectivity index (χ0n) is 24.1. The molecule has 0 saturated heterocycles. The first-order valence-electron chi connectivity index (χ1n) is 14.7. The fraction of sp³-hybridized carbons (Fsp3) is 0.929. The van der Waals surface area contributed by atoms with Crippen molar-refractivity contribution >= 4 is 20.8 Å². The van der Waals surface area contributed by atoms with Crippen molar-refractivity contribution in [2.75, 3.05) is 6.61 Å². The lowest BCUT2D eigenvalue weighted by atomic mass is 9.43. The summed E-state index contributed by atoms with van der Waals surface area (Å²) in [5.74, 6) is 0.453. The molecule has 0 heterocycles. The molecule has 4 fully saturated rings. The minimum Gasteiger partial charge on any atom is -0.393 e. The van der Waals surface area contributed by atoms with Crippen LogP contribution in [0.2, 0.25) is 0 Å². The molecule has 0 amide bonds. The van der Waals surface area contributed by atoms with Gasteiger partial charge < -0.3 is 10.2 Å². The van der Waals surface area contributed by atoms with Crippen LogP contribution >= 0.6 is 0 Å². The Hall–Kier alpha value is -0.600. The van der Waals surface area contributed by atoms with Crippen molar-refractivity contribution in [2.24, 2.45) is 52.3 Å². The van der Waals surface area contributed by atoms with Gasteiger partial charge in [-0.15, -0.1) is 0 Å². The summed E-state index contributed by atoms with van der Waals surface area (Å²) in [4.78, 5) is 0. The summed E-state index contributed by atoms with van der Waals surface area (Å²) in [6.45, 7) is 12.5. The average molecular weight is 609 g/mol. The topological polar surface area (TPSA) is 168 Å². The number of allylic oxidation sites excluding steroid dienone is 1. The van der Waals surface area contributed by atoms with E-state index < -0.39 is 44.5 Å². The van der Waals surface area contributed by atoms with Gasteiger partial charge in [0.25, 0.3) is 0 Å². The van der Waals surface area contributed by atoms with E-state index in [0.29, 0.717) is 37.5 Å². The van der Waals surface area contributed by atoms with E-state index in [-0.39, 0.29) is 48.0 Å².